The minimum Gasteiger partial charge on any atom is -0.310 e. The van der Waals surface area contributed by atoms with E-state index in [9.17, 15) is 0 Å². The third kappa shape index (κ3) is 6.81. The van der Waals surface area contributed by atoms with Crippen LogP contribution in [0.3, 0.4) is 0 Å². The van der Waals surface area contributed by atoms with Gasteiger partial charge in [-0.15, -0.1) is 0 Å². The Morgan fingerprint density at radius 1 is 0.415 bits per heavy atom. The molecule has 0 saturated carbocycles. The van der Waals surface area contributed by atoms with Crippen LogP contribution in [0.25, 0.3) is 33.4 Å². The molecule has 0 spiro atoms. The number of rotatable bonds is 8. The number of anilines is 3. The van der Waals surface area contributed by atoms with Gasteiger partial charge in [0.2, 0.25) is 0 Å². The lowest BCUT2D eigenvalue weighted by Crippen LogP contribution is -2.34. The predicted octanol–water partition coefficient (Wildman–Crippen LogP) is 17.2. The molecule has 3 aliphatic carbocycles. The molecule has 0 aromatic heterocycles. The Bertz CT molecular complexity index is 3000. The molecule has 322 valence electrons. The van der Waals surface area contributed by atoms with Crippen LogP contribution in [-0.2, 0) is 29.1 Å². The van der Waals surface area contributed by atoms with Gasteiger partial charge in [-0.25, -0.2) is 0 Å². The van der Waals surface area contributed by atoms with Gasteiger partial charge in [0.05, 0.1) is 11.1 Å². The minimum atomic E-state index is -0.539. The Morgan fingerprint density at radius 3 is 1.62 bits per heavy atom. The zero-order chi connectivity index (χ0) is 44.5. The summed E-state index contributed by atoms with van der Waals surface area (Å²) >= 11 is 0. The van der Waals surface area contributed by atoms with E-state index in [1.807, 2.05) is 0 Å². The van der Waals surface area contributed by atoms with Crippen molar-refractivity contribution in [3.05, 3.63) is 232 Å². The molecule has 0 fully saturated rings. The van der Waals surface area contributed by atoms with Gasteiger partial charge in [-0.1, -0.05) is 187 Å². The highest BCUT2D eigenvalue weighted by atomic mass is 15.1. The maximum absolute atomic E-state index is 2.62. The number of hydrogen-bond donors (Lipinski definition) is 0. The van der Waals surface area contributed by atoms with Gasteiger partial charge in [-0.2, -0.15) is 0 Å². The van der Waals surface area contributed by atoms with Crippen LogP contribution < -0.4 is 4.90 Å². The number of nitrogens with zero attached hydrogens (tertiary/aromatic N) is 1. The van der Waals surface area contributed by atoms with Crippen molar-refractivity contribution in [2.24, 2.45) is 0 Å². The van der Waals surface area contributed by atoms with Gasteiger partial charge in [0.1, 0.15) is 0 Å². The van der Waals surface area contributed by atoms with Crippen molar-refractivity contribution in [3.63, 3.8) is 0 Å². The second-order valence-corrected chi connectivity index (χ2v) is 20.8. The molecule has 0 aliphatic heterocycles. The van der Waals surface area contributed by atoms with Gasteiger partial charge in [0.15, 0.2) is 0 Å². The minimum absolute atomic E-state index is 0.0468. The highest BCUT2D eigenvalue weighted by molar-refractivity contribution is 5.97. The van der Waals surface area contributed by atoms with E-state index in [4.69, 9.17) is 0 Å². The van der Waals surface area contributed by atoms with E-state index in [1.54, 1.807) is 0 Å². The molecular weight excluding hydrogens is 783 g/mol. The Morgan fingerprint density at radius 2 is 0.969 bits per heavy atom. The van der Waals surface area contributed by atoms with E-state index in [0.717, 1.165) is 24.9 Å². The summed E-state index contributed by atoms with van der Waals surface area (Å²) in [5.41, 5.74) is 23.6. The van der Waals surface area contributed by atoms with Gasteiger partial charge >= 0.3 is 0 Å². The molecule has 8 aromatic rings. The topological polar surface area (TPSA) is 3.24 Å². The second-order valence-electron chi connectivity index (χ2n) is 20.8. The van der Waals surface area contributed by atoms with Crippen molar-refractivity contribution in [2.45, 2.75) is 102 Å². The zero-order valence-electron chi connectivity index (χ0n) is 39.1. The summed E-state index contributed by atoms with van der Waals surface area (Å²) in [6.45, 7) is 14.6. The molecule has 0 amide bonds. The monoisotopic (exact) mass is 843 g/mol. The number of fused-ring (bicyclic) bond motifs is 5. The largest absolute Gasteiger partial charge is 0.310 e. The van der Waals surface area contributed by atoms with Crippen LogP contribution in [0, 0.1) is 0 Å². The average Bonchev–Trinajstić information content (AvgIpc) is 3.63. The Hall–Kier alpha value is -6.44. The summed E-state index contributed by atoms with van der Waals surface area (Å²) < 4.78 is 0. The van der Waals surface area contributed by atoms with Crippen molar-refractivity contribution in [2.75, 3.05) is 4.90 Å². The van der Waals surface area contributed by atoms with E-state index < -0.39 is 5.41 Å². The van der Waals surface area contributed by atoms with E-state index in [-0.39, 0.29) is 10.8 Å². The standard InChI is InChI=1S/C64H61N/c1-43(2)53-38-46-22-16-17-23-47(46)39-54(53)56-41-55-52-28-18-19-29-57(52)64(48-24-12-8-13-25-48,49-26-14-9-15-27-49)59(55)42-61(56)65(50-32-30-45(31-33-50)44-20-10-7-11-21-44)51-34-35-58-60(40-51)63(5,6)37-36-62(58,3)4/h7-15,18-21,24-35,38-43H,16-17,22-23,36-37H2,1-6H3. The van der Waals surface area contributed by atoms with E-state index in [1.165, 1.54) is 114 Å². The summed E-state index contributed by atoms with van der Waals surface area (Å²) in [5.74, 6) is 0.351. The molecule has 65 heavy (non-hydrogen) atoms. The highest BCUT2D eigenvalue weighted by Gasteiger charge is 2.47. The molecule has 0 bridgehead atoms. The van der Waals surface area contributed by atoms with Crippen LogP contribution in [0.15, 0.2) is 182 Å². The van der Waals surface area contributed by atoms with E-state index >= 15 is 0 Å². The van der Waals surface area contributed by atoms with Gasteiger partial charge in [-0.05, 0) is 170 Å². The first kappa shape index (κ1) is 41.3. The molecule has 0 radical (unpaired) electrons. The lowest BCUT2D eigenvalue weighted by Gasteiger charge is -2.42. The molecule has 11 rings (SSSR count). The first-order valence-electron chi connectivity index (χ1n) is 24.2. The van der Waals surface area contributed by atoms with Crippen molar-refractivity contribution in [1.82, 2.24) is 0 Å². The lowest BCUT2D eigenvalue weighted by atomic mass is 9.63. The van der Waals surface area contributed by atoms with Crippen LogP contribution in [0.2, 0.25) is 0 Å². The molecule has 8 aromatic carbocycles. The highest BCUT2D eigenvalue weighted by Crippen LogP contribution is 2.60. The summed E-state index contributed by atoms with van der Waals surface area (Å²) in [5, 5.41) is 0. The normalized spacial score (nSPS) is 16.3. The Balaban J connectivity index is 1.27. The quantitative estimate of drug-likeness (QED) is 0.147. The zero-order valence-corrected chi connectivity index (χ0v) is 39.1. The fraction of sp³-hybridized carbons (Fsp3) is 0.250. The fourth-order valence-corrected chi connectivity index (χ4v) is 12.0. The summed E-state index contributed by atoms with van der Waals surface area (Å²) in [4.78, 5) is 2.62. The smallest absolute Gasteiger partial charge is 0.0714 e. The van der Waals surface area contributed by atoms with Gasteiger partial charge < -0.3 is 4.90 Å². The fourth-order valence-electron chi connectivity index (χ4n) is 12.0. The van der Waals surface area contributed by atoms with Crippen LogP contribution >= 0.6 is 0 Å². The lowest BCUT2D eigenvalue weighted by molar-refractivity contribution is 0.332. The van der Waals surface area contributed by atoms with Crippen LogP contribution in [0.1, 0.15) is 123 Å². The maximum atomic E-state index is 2.62. The molecule has 0 atom stereocenters. The SMILES string of the molecule is CC(C)c1cc2c(cc1-c1cc3c(cc1N(c1ccc(-c4ccccc4)cc1)c1ccc4c(c1)C(C)(C)CCC4(C)C)C(c1ccccc1)(c1ccccc1)c1ccccc1-3)CCCC2. The van der Waals surface area contributed by atoms with Gasteiger partial charge in [-0.3, -0.25) is 0 Å². The second kappa shape index (κ2) is 15.9. The van der Waals surface area contributed by atoms with Gasteiger partial charge in [0.25, 0.3) is 0 Å². The number of aryl methyl sites for hydroxylation is 2. The molecule has 0 heterocycles. The van der Waals surface area contributed by atoms with Crippen molar-refractivity contribution >= 4 is 17.1 Å². The van der Waals surface area contributed by atoms with Crippen LogP contribution in [0.4, 0.5) is 17.1 Å². The third-order valence-electron chi connectivity index (χ3n) is 15.6. The summed E-state index contributed by atoms with van der Waals surface area (Å²) in [7, 11) is 0. The predicted molar refractivity (Wildman–Crippen MR) is 275 cm³/mol. The molecule has 3 aliphatic rings. The molecule has 1 nitrogen and oxygen atoms in total. The number of benzene rings is 8. The van der Waals surface area contributed by atoms with Crippen LogP contribution in [0.5, 0.6) is 0 Å². The average molecular weight is 844 g/mol. The summed E-state index contributed by atoms with van der Waals surface area (Å²) in [6.07, 6.45) is 7.16. The van der Waals surface area contributed by atoms with E-state index in [0.29, 0.717) is 5.92 Å². The molecule has 1 heteroatoms. The van der Waals surface area contributed by atoms with Gasteiger partial charge in [0, 0.05) is 16.9 Å². The van der Waals surface area contributed by atoms with Crippen LogP contribution in [-0.4, -0.2) is 0 Å². The number of hydrogen-bond acceptors (Lipinski definition) is 1. The van der Waals surface area contributed by atoms with E-state index in [2.05, 4.69) is 228 Å². The first-order valence-corrected chi connectivity index (χ1v) is 24.2. The summed E-state index contributed by atoms with van der Waals surface area (Å²) in [6, 6.07) is 69.8. The van der Waals surface area contributed by atoms with Crippen molar-refractivity contribution in [1.29, 1.82) is 0 Å². The maximum Gasteiger partial charge on any atom is 0.0714 e. The van der Waals surface area contributed by atoms with Crippen molar-refractivity contribution < 1.29 is 0 Å². The molecule has 0 saturated heterocycles. The first-order chi connectivity index (χ1) is 31.5. The Kier molecular flexibility index (Phi) is 10.1. The van der Waals surface area contributed by atoms with Crippen molar-refractivity contribution in [3.8, 4) is 33.4 Å². The Labute approximate surface area is 387 Å². The third-order valence-corrected chi connectivity index (χ3v) is 15.6. The molecule has 0 unspecified atom stereocenters. The molecular formula is C64H61N. The molecule has 0 N–H and O–H groups in total.